The first-order valence-corrected chi connectivity index (χ1v) is 17.2. The van der Waals surface area contributed by atoms with Gasteiger partial charge in [0.15, 0.2) is 5.78 Å². The van der Waals surface area contributed by atoms with Gasteiger partial charge in [0.05, 0.1) is 43.1 Å². The predicted octanol–water partition coefficient (Wildman–Crippen LogP) is 5.74. The van der Waals surface area contributed by atoms with Crippen molar-refractivity contribution < 1.29 is 38.4 Å². The van der Waals surface area contributed by atoms with Gasteiger partial charge < -0.3 is 39.2 Å². The maximum absolute atomic E-state index is 14.6. The number of aromatic nitrogens is 3. The highest BCUT2D eigenvalue weighted by Crippen LogP contribution is 2.44. The topological polar surface area (TPSA) is 158 Å². The Hall–Kier alpha value is -5.37. The lowest BCUT2D eigenvalue weighted by atomic mass is 9.87. The summed E-state index contributed by atoms with van der Waals surface area (Å²) in [4.78, 5) is 47.5. The minimum Gasteiger partial charge on any atom is -0.497 e. The molecule has 52 heavy (non-hydrogen) atoms. The number of methoxy groups -OCH3 is 1. The van der Waals surface area contributed by atoms with Crippen LogP contribution in [-0.2, 0) is 22.6 Å². The van der Waals surface area contributed by atoms with Crippen molar-refractivity contribution in [2.24, 2.45) is 0 Å². The molecule has 2 N–H and O–H groups in total. The fraction of sp³-hybridized carbons (Fsp3) is 0.447. The van der Waals surface area contributed by atoms with E-state index >= 15 is 0 Å². The van der Waals surface area contributed by atoms with Crippen LogP contribution in [0.5, 0.6) is 11.5 Å². The molecule has 0 saturated carbocycles. The summed E-state index contributed by atoms with van der Waals surface area (Å²) >= 11 is 0. The number of rotatable bonds is 13. The number of aliphatic hydroxyl groups is 1. The number of ketones is 1. The second-order valence-electron chi connectivity index (χ2n) is 14.5. The van der Waals surface area contributed by atoms with E-state index in [4.69, 9.17) is 24.0 Å². The number of nitrogens with zero attached hydrogens (tertiary/aromatic N) is 5. The molecule has 0 aliphatic heterocycles. The summed E-state index contributed by atoms with van der Waals surface area (Å²) in [6.45, 7) is 11.9. The van der Waals surface area contributed by atoms with Crippen molar-refractivity contribution in [2.45, 2.75) is 65.9 Å². The van der Waals surface area contributed by atoms with Crippen LogP contribution in [0.3, 0.4) is 0 Å². The smallest absolute Gasteiger partial charge is 0.410 e. The van der Waals surface area contributed by atoms with Gasteiger partial charge in [-0.2, -0.15) is 5.10 Å². The minimum atomic E-state index is -0.709. The Bertz CT molecular complexity index is 1930. The molecule has 14 heteroatoms. The average Bonchev–Trinajstić information content (AvgIpc) is 3.45. The van der Waals surface area contributed by atoms with Crippen LogP contribution in [0.1, 0.15) is 63.0 Å². The maximum Gasteiger partial charge on any atom is 0.410 e. The van der Waals surface area contributed by atoms with E-state index in [1.807, 2.05) is 57.2 Å². The summed E-state index contributed by atoms with van der Waals surface area (Å²) in [5, 5.41) is 18.6. The number of carbonyl (C=O) groups is 3. The number of anilines is 1. The molecule has 0 fully saturated rings. The molecule has 1 aliphatic carbocycles. The summed E-state index contributed by atoms with van der Waals surface area (Å²) in [6, 6.07) is 11.1. The number of carbonyl (C=O) groups excluding carboxylic acids is 3. The molecule has 0 radical (unpaired) electrons. The number of pyridine rings is 1. The third-order valence-corrected chi connectivity index (χ3v) is 8.16. The van der Waals surface area contributed by atoms with Crippen LogP contribution < -0.4 is 14.8 Å². The van der Waals surface area contributed by atoms with Crippen molar-refractivity contribution in [2.75, 3.05) is 52.3 Å². The quantitative estimate of drug-likeness (QED) is 0.153. The number of hydrogen-bond acceptors (Lipinski definition) is 11. The third-order valence-electron chi connectivity index (χ3n) is 8.16. The lowest BCUT2D eigenvalue weighted by Gasteiger charge is -2.27. The van der Waals surface area contributed by atoms with Crippen molar-refractivity contribution in [3.8, 4) is 22.8 Å². The number of likely N-dealkylation sites (N-methyl/N-ethyl adjacent to an activating group) is 1. The Labute approximate surface area is 303 Å². The summed E-state index contributed by atoms with van der Waals surface area (Å²) < 4.78 is 24.3. The van der Waals surface area contributed by atoms with Gasteiger partial charge in [-0.3, -0.25) is 14.5 Å². The van der Waals surface area contributed by atoms with Crippen molar-refractivity contribution in [3.63, 3.8) is 0 Å². The first-order valence-electron chi connectivity index (χ1n) is 17.2. The molecule has 2 amide bonds. The second kappa shape index (κ2) is 15.5. The fourth-order valence-electron chi connectivity index (χ4n) is 5.73. The van der Waals surface area contributed by atoms with Gasteiger partial charge in [-0.15, -0.1) is 0 Å². The maximum atomic E-state index is 14.6. The van der Waals surface area contributed by atoms with Gasteiger partial charge in [0.2, 0.25) is 0 Å². The van der Waals surface area contributed by atoms with Crippen LogP contribution in [0.25, 0.3) is 22.2 Å². The van der Waals surface area contributed by atoms with Crippen molar-refractivity contribution in [3.05, 3.63) is 65.5 Å². The van der Waals surface area contributed by atoms with E-state index < -0.39 is 23.4 Å². The average molecular weight is 717 g/mol. The van der Waals surface area contributed by atoms with E-state index in [9.17, 15) is 19.5 Å². The van der Waals surface area contributed by atoms with Gasteiger partial charge in [-0.05, 0) is 71.4 Å². The van der Waals surface area contributed by atoms with Crippen LogP contribution in [0.4, 0.5) is 15.3 Å². The van der Waals surface area contributed by atoms with Gasteiger partial charge in [0.25, 0.3) is 0 Å². The molecule has 5 rings (SSSR count). The van der Waals surface area contributed by atoms with Crippen molar-refractivity contribution >= 4 is 34.6 Å². The van der Waals surface area contributed by atoms with Gasteiger partial charge in [-0.25, -0.2) is 9.59 Å². The molecule has 4 aromatic rings. The van der Waals surface area contributed by atoms with E-state index in [1.165, 1.54) is 16.0 Å². The Balaban J connectivity index is 1.50. The van der Waals surface area contributed by atoms with Gasteiger partial charge >= 0.3 is 12.2 Å². The lowest BCUT2D eigenvalue weighted by Crippen LogP contribution is -2.40. The Kier molecular flexibility index (Phi) is 11.3. The highest BCUT2D eigenvalue weighted by atomic mass is 16.6. The summed E-state index contributed by atoms with van der Waals surface area (Å²) in [7, 11) is 3.26. The second-order valence-corrected chi connectivity index (χ2v) is 14.5. The molecule has 0 atom stereocenters. The number of nitrogens with one attached hydrogen (secondary N) is 1. The van der Waals surface area contributed by atoms with Gasteiger partial charge in [0, 0.05) is 56.1 Å². The van der Waals surface area contributed by atoms with Crippen LogP contribution >= 0.6 is 0 Å². The van der Waals surface area contributed by atoms with Crippen LogP contribution in [0.15, 0.2) is 48.8 Å². The zero-order valence-electron chi connectivity index (χ0n) is 31.1. The normalized spacial score (nSPS) is 12.3. The highest BCUT2D eigenvalue weighted by molar-refractivity contribution is 6.28. The molecule has 1 aliphatic rings. The number of ether oxygens (including phenoxy) is 4. The Morgan fingerprint density at radius 2 is 1.60 bits per heavy atom. The molecular formula is C38H48N6O8. The molecule has 2 heterocycles. The summed E-state index contributed by atoms with van der Waals surface area (Å²) in [6.07, 6.45) is 2.14. The zero-order valence-corrected chi connectivity index (χ0v) is 31.1. The zero-order chi connectivity index (χ0) is 37.8. The van der Waals surface area contributed by atoms with E-state index in [0.29, 0.717) is 57.8 Å². The molecule has 2 aromatic heterocycles. The summed E-state index contributed by atoms with van der Waals surface area (Å²) in [5.74, 6) is 0.764. The first kappa shape index (κ1) is 37.9. The van der Waals surface area contributed by atoms with Crippen molar-refractivity contribution in [1.29, 1.82) is 0 Å². The molecule has 14 nitrogen and oxygen atoms in total. The molecule has 0 spiro atoms. The molecule has 0 bridgehead atoms. The molecule has 0 unspecified atom stereocenters. The molecule has 278 valence electrons. The van der Waals surface area contributed by atoms with Gasteiger partial charge in [0.1, 0.15) is 35.0 Å². The third kappa shape index (κ3) is 8.73. The Morgan fingerprint density at radius 3 is 2.25 bits per heavy atom. The Morgan fingerprint density at radius 1 is 0.904 bits per heavy atom. The van der Waals surface area contributed by atoms with Crippen molar-refractivity contribution in [1.82, 2.24) is 24.6 Å². The number of hydrogen-bond donors (Lipinski definition) is 2. The first-order chi connectivity index (χ1) is 24.6. The van der Waals surface area contributed by atoms with Crippen LogP contribution in [0.2, 0.25) is 0 Å². The van der Waals surface area contributed by atoms with Crippen LogP contribution in [0, 0.1) is 0 Å². The number of fused-ring (bicyclic) bond motifs is 2. The summed E-state index contributed by atoms with van der Waals surface area (Å²) in [5.41, 5.74) is 2.59. The molecular weight excluding hydrogens is 668 g/mol. The standard InChI is InChI=1S/C38H48N6O8/c1-37(2,3)51-35(47)42(7)16-15-40-27-13-14-28-32-31(27)34(46)30-26(21-39-22-29(30)50-23-24-9-11-25(49-8)12-10-24)33(32)41-44(28)18-17-43(19-20-45)36(48)52-38(4,5)6/h9-14,21-22,40,45H,15-20,23H2,1-8H3. The monoisotopic (exact) mass is 716 g/mol. The number of benzene rings is 2. The van der Waals surface area contributed by atoms with Gasteiger partial charge in [-0.1, -0.05) is 12.1 Å². The number of amides is 2. The molecule has 2 aromatic carbocycles. The number of aliphatic hydroxyl groups excluding tert-OH is 1. The van der Waals surface area contributed by atoms with E-state index in [-0.39, 0.29) is 38.6 Å². The lowest BCUT2D eigenvalue weighted by molar-refractivity contribution is 0.0210. The highest BCUT2D eigenvalue weighted by Gasteiger charge is 2.34. The van der Waals surface area contributed by atoms with E-state index in [2.05, 4.69) is 10.3 Å². The molecule has 0 saturated heterocycles. The fourth-order valence-corrected chi connectivity index (χ4v) is 5.73. The van der Waals surface area contributed by atoms with Crippen LogP contribution in [-0.4, -0.2) is 106 Å². The minimum absolute atomic E-state index is 0.0815. The predicted molar refractivity (Wildman–Crippen MR) is 196 cm³/mol. The SMILES string of the molecule is COc1ccc(COc2cncc3c2C(=O)c2c(NCCN(C)C(=O)OC(C)(C)C)ccc4c2c-3nn4CCN(CCO)C(=O)OC(C)(C)C)cc1. The largest absolute Gasteiger partial charge is 0.497 e. The van der Waals surface area contributed by atoms with E-state index in [1.54, 1.807) is 45.8 Å². The van der Waals surface area contributed by atoms with E-state index in [0.717, 1.165) is 11.3 Å².